The maximum absolute atomic E-state index is 12.8. The molecule has 1 aromatic rings. The highest BCUT2D eigenvalue weighted by Gasteiger charge is 2.33. The molecule has 2 heterocycles. The van der Waals surface area contributed by atoms with Crippen molar-refractivity contribution in [1.82, 2.24) is 14.8 Å². The zero-order valence-corrected chi connectivity index (χ0v) is 12.8. The molecule has 1 amide bonds. The molecule has 1 aliphatic heterocycles. The summed E-state index contributed by atoms with van der Waals surface area (Å²) in [6, 6.07) is 3.09. The molecule has 1 N–H and O–H groups in total. The quantitative estimate of drug-likeness (QED) is 0.915. The first kappa shape index (κ1) is 13.7. The molecule has 110 valence electrons. The van der Waals surface area contributed by atoms with E-state index in [-0.39, 0.29) is 5.91 Å². The van der Waals surface area contributed by atoms with Crippen LogP contribution in [0.1, 0.15) is 53.5 Å². The molecule has 20 heavy (non-hydrogen) atoms. The van der Waals surface area contributed by atoms with E-state index in [1.807, 2.05) is 7.05 Å². The fourth-order valence-electron chi connectivity index (χ4n) is 3.59. The van der Waals surface area contributed by atoms with Gasteiger partial charge in [0.25, 0.3) is 5.91 Å². The Morgan fingerprint density at radius 1 is 1.35 bits per heavy atom. The molecule has 3 rings (SSSR count). The van der Waals surface area contributed by atoms with E-state index in [0.29, 0.717) is 12.1 Å². The highest BCUT2D eigenvalue weighted by molar-refractivity contribution is 5.96. The second-order valence-electron chi connectivity index (χ2n) is 6.24. The minimum atomic E-state index is 0.225. The number of nitrogens with zero attached hydrogens (tertiary/aromatic N) is 2. The first-order valence-corrected chi connectivity index (χ1v) is 7.77. The van der Waals surface area contributed by atoms with Crippen LogP contribution < -0.4 is 5.32 Å². The molecule has 1 aliphatic carbocycles. The van der Waals surface area contributed by atoms with Crippen molar-refractivity contribution < 1.29 is 4.79 Å². The third kappa shape index (κ3) is 2.26. The maximum Gasteiger partial charge on any atom is 0.255 e. The lowest BCUT2D eigenvalue weighted by Crippen LogP contribution is -2.41. The van der Waals surface area contributed by atoms with Crippen LogP contribution in [0.2, 0.25) is 0 Å². The Hall–Kier alpha value is -1.29. The Kier molecular flexibility index (Phi) is 3.59. The van der Waals surface area contributed by atoms with E-state index in [1.165, 1.54) is 18.5 Å². The average molecular weight is 275 g/mol. The molecule has 0 aromatic carbocycles. The van der Waals surface area contributed by atoms with Crippen LogP contribution in [0.5, 0.6) is 0 Å². The van der Waals surface area contributed by atoms with Gasteiger partial charge in [-0.1, -0.05) is 0 Å². The molecule has 1 saturated carbocycles. The van der Waals surface area contributed by atoms with Crippen LogP contribution >= 0.6 is 0 Å². The third-order valence-electron chi connectivity index (χ3n) is 4.70. The van der Waals surface area contributed by atoms with E-state index in [1.54, 1.807) is 0 Å². The van der Waals surface area contributed by atoms with Crippen molar-refractivity contribution in [3.8, 4) is 0 Å². The molecular weight excluding hydrogens is 250 g/mol. The Balaban J connectivity index is 1.85. The van der Waals surface area contributed by atoms with E-state index in [2.05, 4.69) is 34.7 Å². The van der Waals surface area contributed by atoms with Gasteiger partial charge >= 0.3 is 0 Å². The number of carbonyl (C=O) groups excluding carboxylic acids is 1. The summed E-state index contributed by atoms with van der Waals surface area (Å²) >= 11 is 0. The number of amides is 1. The number of likely N-dealkylation sites (N-methyl/N-ethyl adjacent to an activating group) is 1. The van der Waals surface area contributed by atoms with Gasteiger partial charge in [-0.05, 0) is 52.6 Å². The summed E-state index contributed by atoms with van der Waals surface area (Å²) in [7, 11) is 1.96. The predicted molar refractivity (Wildman–Crippen MR) is 80.2 cm³/mol. The second kappa shape index (κ2) is 5.24. The van der Waals surface area contributed by atoms with Gasteiger partial charge in [-0.25, -0.2) is 0 Å². The van der Waals surface area contributed by atoms with Gasteiger partial charge in [0.2, 0.25) is 0 Å². The monoisotopic (exact) mass is 275 g/mol. The number of aryl methyl sites for hydroxylation is 1. The van der Waals surface area contributed by atoms with Crippen LogP contribution in [0.4, 0.5) is 0 Å². The molecule has 0 unspecified atom stereocenters. The minimum absolute atomic E-state index is 0.225. The van der Waals surface area contributed by atoms with Gasteiger partial charge in [0.05, 0.1) is 5.56 Å². The Labute approximate surface area is 121 Å². The molecule has 4 nitrogen and oxygen atoms in total. The van der Waals surface area contributed by atoms with Crippen LogP contribution in [0.25, 0.3) is 0 Å². The standard InChI is InChI=1S/C16H25N3O/c1-11-9-15(12(2)19(11)13-6-7-13)16(20)18-8-4-5-14(18)10-17-3/h9,13-14,17H,4-8,10H2,1-3H3/t14-/m0/s1. The summed E-state index contributed by atoms with van der Waals surface area (Å²) in [6.07, 6.45) is 4.76. The fraction of sp³-hybridized carbons (Fsp3) is 0.688. The first-order valence-electron chi connectivity index (χ1n) is 7.77. The lowest BCUT2D eigenvalue weighted by atomic mass is 10.2. The number of hydrogen-bond acceptors (Lipinski definition) is 2. The van der Waals surface area contributed by atoms with E-state index in [9.17, 15) is 4.79 Å². The summed E-state index contributed by atoms with van der Waals surface area (Å²) < 4.78 is 2.36. The van der Waals surface area contributed by atoms with Crippen LogP contribution in [-0.2, 0) is 0 Å². The Morgan fingerprint density at radius 3 is 2.75 bits per heavy atom. The van der Waals surface area contributed by atoms with E-state index >= 15 is 0 Å². The van der Waals surface area contributed by atoms with Gasteiger partial charge in [0.15, 0.2) is 0 Å². The average Bonchev–Trinajstić information content (AvgIpc) is 3.06. The molecule has 1 aromatic heterocycles. The normalized spacial score (nSPS) is 22.6. The first-order chi connectivity index (χ1) is 9.63. The van der Waals surface area contributed by atoms with Crippen molar-refractivity contribution in [1.29, 1.82) is 0 Å². The summed E-state index contributed by atoms with van der Waals surface area (Å²) in [6.45, 7) is 6.02. The van der Waals surface area contributed by atoms with Gasteiger partial charge in [-0.2, -0.15) is 0 Å². The van der Waals surface area contributed by atoms with Gasteiger partial charge in [-0.3, -0.25) is 4.79 Å². The fourth-order valence-corrected chi connectivity index (χ4v) is 3.59. The van der Waals surface area contributed by atoms with Crippen molar-refractivity contribution >= 4 is 5.91 Å². The molecule has 0 bridgehead atoms. The van der Waals surface area contributed by atoms with Gasteiger partial charge in [0.1, 0.15) is 0 Å². The number of nitrogens with one attached hydrogen (secondary N) is 1. The molecule has 0 radical (unpaired) electrons. The zero-order valence-electron chi connectivity index (χ0n) is 12.8. The van der Waals surface area contributed by atoms with Gasteiger partial charge in [0, 0.05) is 36.6 Å². The second-order valence-corrected chi connectivity index (χ2v) is 6.24. The molecule has 2 aliphatic rings. The predicted octanol–water partition coefficient (Wildman–Crippen LogP) is 2.26. The summed E-state index contributed by atoms with van der Waals surface area (Å²) in [5, 5.41) is 3.21. The van der Waals surface area contributed by atoms with Crippen LogP contribution in [0.15, 0.2) is 6.07 Å². The largest absolute Gasteiger partial charge is 0.345 e. The molecule has 4 heteroatoms. The van der Waals surface area contributed by atoms with Crippen LogP contribution in [0.3, 0.4) is 0 Å². The number of hydrogen-bond donors (Lipinski definition) is 1. The zero-order chi connectivity index (χ0) is 14.3. The summed E-state index contributed by atoms with van der Waals surface area (Å²) in [5.41, 5.74) is 3.31. The van der Waals surface area contributed by atoms with Gasteiger partial charge in [-0.15, -0.1) is 0 Å². The van der Waals surface area contributed by atoms with Crippen LogP contribution in [0, 0.1) is 13.8 Å². The molecule has 1 atom stereocenters. The lowest BCUT2D eigenvalue weighted by Gasteiger charge is -2.24. The summed E-state index contributed by atoms with van der Waals surface area (Å²) in [4.78, 5) is 14.9. The number of carbonyl (C=O) groups is 1. The van der Waals surface area contributed by atoms with Crippen molar-refractivity contribution in [2.24, 2.45) is 0 Å². The topological polar surface area (TPSA) is 37.3 Å². The van der Waals surface area contributed by atoms with E-state index in [0.717, 1.165) is 37.2 Å². The SMILES string of the molecule is CNC[C@@H]1CCCN1C(=O)c1cc(C)n(C2CC2)c1C. The maximum atomic E-state index is 12.8. The highest BCUT2D eigenvalue weighted by Crippen LogP contribution is 2.38. The smallest absolute Gasteiger partial charge is 0.255 e. The number of likely N-dealkylation sites (tertiary alicyclic amines) is 1. The minimum Gasteiger partial charge on any atom is -0.345 e. The van der Waals surface area contributed by atoms with Crippen molar-refractivity contribution in [3.63, 3.8) is 0 Å². The van der Waals surface area contributed by atoms with Crippen molar-refractivity contribution in [2.75, 3.05) is 20.1 Å². The molecule has 0 spiro atoms. The number of aromatic nitrogens is 1. The Bertz CT molecular complexity index is 516. The number of rotatable bonds is 4. The van der Waals surface area contributed by atoms with E-state index in [4.69, 9.17) is 0 Å². The van der Waals surface area contributed by atoms with Crippen molar-refractivity contribution in [2.45, 2.75) is 51.6 Å². The van der Waals surface area contributed by atoms with E-state index < -0.39 is 0 Å². The highest BCUT2D eigenvalue weighted by atomic mass is 16.2. The van der Waals surface area contributed by atoms with Gasteiger partial charge < -0.3 is 14.8 Å². The molecule has 1 saturated heterocycles. The lowest BCUT2D eigenvalue weighted by molar-refractivity contribution is 0.0736. The van der Waals surface area contributed by atoms with Crippen LogP contribution in [-0.4, -0.2) is 41.6 Å². The third-order valence-corrected chi connectivity index (χ3v) is 4.70. The summed E-state index contributed by atoms with van der Waals surface area (Å²) in [5.74, 6) is 0.225. The molecular formula is C16H25N3O. The molecule has 2 fully saturated rings. The Morgan fingerprint density at radius 2 is 2.10 bits per heavy atom. The van der Waals surface area contributed by atoms with Crippen molar-refractivity contribution in [3.05, 3.63) is 23.0 Å².